The lowest BCUT2D eigenvalue weighted by atomic mass is 10.1. The Balaban J connectivity index is 2.06. The van der Waals surface area contributed by atoms with Gasteiger partial charge in [-0.3, -0.25) is 14.4 Å². The fraction of sp³-hybridized carbons (Fsp3) is 0.533. The van der Waals surface area contributed by atoms with Crippen LogP contribution in [0.4, 0.5) is 0 Å². The van der Waals surface area contributed by atoms with Gasteiger partial charge in [-0.2, -0.15) is 0 Å². The summed E-state index contributed by atoms with van der Waals surface area (Å²) in [5.41, 5.74) is 6.40. The number of aliphatic carboxylic acids is 2. The first-order valence-corrected chi connectivity index (χ1v) is 8.08. The van der Waals surface area contributed by atoms with Crippen molar-refractivity contribution in [2.24, 2.45) is 5.73 Å². The molecule has 1 fully saturated rings. The van der Waals surface area contributed by atoms with Crippen LogP contribution in [0.5, 0.6) is 0 Å². The Labute approximate surface area is 148 Å². The quantitative estimate of drug-likeness (QED) is 0.361. The lowest BCUT2D eigenvalue weighted by Crippen LogP contribution is -2.55. The third-order valence-electron chi connectivity index (χ3n) is 4.15. The van der Waals surface area contributed by atoms with Crippen LogP contribution in [0.25, 0.3) is 0 Å². The number of nitrogens with one attached hydrogen (secondary N) is 2. The monoisotopic (exact) mass is 367 g/mol. The Hall–Kier alpha value is -2.95. The first kappa shape index (κ1) is 19.4. The molecule has 11 nitrogen and oxygen atoms in total. The molecule has 0 bridgehead atoms. The maximum Gasteiger partial charge on any atom is 0.326 e. The van der Waals surface area contributed by atoms with Crippen LogP contribution in [0, 0.1) is 0 Å². The highest BCUT2D eigenvalue weighted by molar-refractivity contribution is 5.94. The molecule has 11 heteroatoms. The van der Waals surface area contributed by atoms with Crippen molar-refractivity contribution in [2.45, 2.75) is 43.8 Å². The maximum absolute atomic E-state index is 12.6. The fourth-order valence-corrected chi connectivity index (χ4v) is 2.87. The van der Waals surface area contributed by atoms with Gasteiger partial charge < -0.3 is 31.1 Å². The second kappa shape index (κ2) is 8.43. The Morgan fingerprint density at radius 2 is 2.12 bits per heavy atom. The van der Waals surface area contributed by atoms with Crippen LogP contribution in [-0.4, -0.2) is 73.5 Å². The summed E-state index contributed by atoms with van der Waals surface area (Å²) < 4.78 is 0. The van der Waals surface area contributed by atoms with Gasteiger partial charge in [-0.1, -0.05) is 0 Å². The van der Waals surface area contributed by atoms with Crippen molar-refractivity contribution in [3.05, 3.63) is 18.2 Å². The van der Waals surface area contributed by atoms with Crippen molar-refractivity contribution < 1.29 is 29.4 Å². The van der Waals surface area contributed by atoms with Crippen molar-refractivity contribution in [1.29, 1.82) is 0 Å². The van der Waals surface area contributed by atoms with Crippen LogP contribution in [0.15, 0.2) is 12.5 Å². The van der Waals surface area contributed by atoms with Crippen LogP contribution in [0.3, 0.4) is 0 Å². The average molecular weight is 367 g/mol. The molecule has 0 unspecified atom stereocenters. The summed E-state index contributed by atoms with van der Waals surface area (Å²) in [7, 11) is 0. The van der Waals surface area contributed by atoms with Gasteiger partial charge in [-0.25, -0.2) is 9.78 Å². The smallest absolute Gasteiger partial charge is 0.326 e. The van der Waals surface area contributed by atoms with E-state index in [1.165, 1.54) is 12.5 Å². The van der Waals surface area contributed by atoms with Crippen molar-refractivity contribution in [2.75, 3.05) is 6.54 Å². The highest BCUT2D eigenvalue weighted by Crippen LogP contribution is 2.19. The molecule has 0 radical (unpaired) electrons. The Bertz CT molecular complexity index is 676. The molecule has 1 saturated heterocycles. The predicted octanol–water partition coefficient (Wildman–Crippen LogP) is -1.69. The van der Waals surface area contributed by atoms with Crippen molar-refractivity contribution in [1.82, 2.24) is 20.2 Å². The first-order chi connectivity index (χ1) is 12.3. The van der Waals surface area contributed by atoms with Gasteiger partial charge in [0.1, 0.15) is 12.1 Å². The van der Waals surface area contributed by atoms with Crippen LogP contribution in [0.2, 0.25) is 0 Å². The van der Waals surface area contributed by atoms with E-state index in [1.54, 1.807) is 0 Å². The number of nitrogens with two attached hydrogens (primary N) is 1. The Morgan fingerprint density at radius 3 is 2.69 bits per heavy atom. The van der Waals surface area contributed by atoms with Gasteiger partial charge in [0.2, 0.25) is 11.8 Å². The molecule has 2 heterocycles. The summed E-state index contributed by atoms with van der Waals surface area (Å²) in [5, 5.41) is 20.5. The first-order valence-electron chi connectivity index (χ1n) is 8.08. The van der Waals surface area contributed by atoms with E-state index in [0.29, 0.717) is 12.1 Å². The third kappa shape index (κ3) is 4.79. The molecule has 6 N–H and O–H groups in total. The highest BCUT2D eigenvalue weighted by Gasteiger charge is 2.38. The lowest BCUT2D eigenvalue weighted by molar-refractivity contribution is -0.150. The average Bonchev–Trinajstić information content (AvgIpc) is 3.24. The molecular formula is C15H21N5O6. The molecule has 0 aromatic carbocycles. The summed E-state index contributed by atoms with van der Waals surface area (Å²) in [6.07, 6.45) is 3.17. The van der Waals surface area contributed by atoms with Crippen molar-refractivity contribution >= 4 is 23.8 Å². The number of carbonyl (C=O) groups is 4. The molecule has 1 aromatic heterocycles. The summed E-state index contributed by atoms with van der Waals surface area (Å²) in [5.74, 6) is -3.89. The second-order valence-electron chi connectivity index (χ2n) is 6.07. The van der Waals surface area contributed by atoms with Crippen molar-refractivity contribution in [3.8, 4) is 0 Å². The molecule has 0 spiro atoms. The number of aromatic nitrogens is 2. The molecule has 1 aromatic rings. The Kier molecular flexibility index (Phi) is 6.28. The number of aromatic amines is 1. The van der Waals surface area contributed by atoms with E-state index >= 15 is 0 Å². The number of carboxylic acids is 2. The summed E-state index contributed by atoms with van der Waals surface area (Å²) in [4.78, 5) is 54.8. The molecule has 2 amide bonds. The molecule has 3 atom stereocenters. The van der Waals surface area contributed by atoms with Gasteiger partial charge in [0.25, 0.3) is 0 Å². The Morgan fingerprint density at radius 1 is 1.38 bits per heavy atom. The maximum atomic E-state index is 12.6. The predicted molar refractivity (Wildman–Crippen MR) is 86.8 cm³/mol. The zero-order valence-electron chi connectivity index (χ0n) is 13.9. The number of hydrogen-bond acceptors (Lipinski definition) is 6. The number of rotatable bonds is 8. The van der Waals surface area contributed by atoms with E-state index in [4.69, 9.17) is 10.8 Å². The van der Waals surface area contributed by atoms with Gasteiger partial charge in [-0.05, 0) is 12.8 Å². The molecule has 142 valence electrons. The normalized spacial score (nSPS) is 19.0. The minimum Gasteiger partial charge on any atom is -0.481 e. The van der Waals surface area contributed by atoms with E-state index in [9.17, 15) is 24.3 Å². The number of carboxylic acid groups (broad SMARTS) is 2. The summed E-state index contributed by atoms with van der Waals surface area (Å²) in [6, 6.07) is -3.42. The van der Waals surface area contributed by atoms with Gasteiger partial charge in [-0.15, -0.1) is 0 Å². The van der Waals surface area contributed by atoms with Gasteiger partial charge >= 0.3 is 11.9 Å². The van der Waals surface area contributed by atoms with Crippen LogP contribution in [0.1, 0.15) is 25.0 Å². The van der Waals surface area contributed by atoms with Crippen LogP contribution in [-0.2, 0) is 25.6 Å². The molecule has 1 aliphatic heterocycles. The number of hydrogen-bond donors (Lipinski definition) is 5. The van der Waals surface area contributed by atoms with E-state index < -0.39 is 48.3 Å². The molecule has 2 rings (SSSR count). The largest absolute Gasteiger partial charge is 0.481 e. The van der Waals surface area contributed by atoms with E-state index in [0.717, 1.165) is 4.90 Å². The van der Waals surface area contributed by atoms with Gasteiger partial charge in [0.15, 0.2) is 0 Å². The third-order valence-corrected chi connectivity index (χ3v) is 4.15. The molecule has 0 saturated carbocycles. The number of imidazole rings is 1. The molecule has 26 heavy (non-hydrogen) atoms. The van der Waals surface area contributed by atoms with Crippen molar-refractivity contribution in [3.63, 3.8) is 0 Å². The van der Waals surface area contributed by atoms with Crippen LogP contribution >= 0.6 is 0 Å². The molecular weight excluding hydrogens is 346 g/mol. The summed E-state index contributed by atoms with van der Waals surface area (Å²) >= 11 is 0. The number of nitrogens with zero attached hydrogens (tertiary/aromatic N) is 2. The van der Waals surface area contributed by atoms with E-state index in [-0.39, 0.29) is 19.4 Å². The standard InChI is InChI=1S/C15H21N5O6/c16-9(4-8-6-17-7-18-8)13(23)19-10(5-12(21)22)14(24)20-3-1-2-11(20)15(25)26/h6-7,9-11H,1-5,16H2,(H,17,18)(H,19,23)(H,21,22)(H,25,26)/t9-,10-,11+/m0/s1. The fourth-order valence-electron chi connectivity index (χ4n) is 2.87. The lowest BCUT2D eigenvalue weighted by Gasteiger charge is -2.27. The van der Waals surface area contributed by atoms with E-state index in [2.05, 4.69) is 15.3 Å². The number of amides is 2. The van der Waals surface area contributed by atoms with E-state index in [1.807, 2.05) is 0 Å². The minimum absolute atomic E-state index is 0.126. The number of carbonyl (C=O) groups excluding carboxylic acids is 2. The highest BCUT2D eigenvalue weighted by atomic mass is 16.4. The van der Waals surface area contributed by atoms with Gasteiger partial charge in [0, 0.05) is 24.9 Å². The molecule has 1 aliphatic rings. The zero-order valence-corrected chi connectivity index (χ0v) is 13.9. The summed E-state index contributed by atoms with van der Waals surface area (Å²) in [6.45, 7) is 0.196. The second-order valence-corrected chi connectivity index (χ2v) is 6.07. The zero-order chi connectivity index (χ0) is 19.3. The van der Waals surface area contributed by atoms with Gasteiger partial charge in [0.05, 0.1) is 18.8 Å². The number of likely N-dealkylation sites (tertiary alicyclic amines) is 1. The van der Waals surface area contributed by atoms with Crippen LogP contribution < -0.4 is 11.1 Å². The molecule has 0 aliphatic carbocycles. The minimum atomic E-state index is -1.38. The number of H-pyrrole nitrogens is 1. The topological polar surface area (TPSA) is 179 Å². The SMILES string of the molecule is N[C@@H](Cc1cnc[nH]1)C(=O)N[C@@H](CC(=O)O)C(=O)N1CCC[C@@H]1C(=O)O.